The van der Waals surface area contributed by atoms with Gasteiger partial charge in [-0.15, -0.1) is 0 Å². The van der Waals surface area contributed by atoms with E-state index in [-0.39, 0.29) is 18.5 Å². The number of hydrogen-bond acceptors (Lipinski definition) is 10. The molecule has 524 valence electrons. The summed E-state index contributed by atoms with van der Waals surface area (Å²) in [4.78, 5) is 25.1. The molecule has 0 aromatic rings. The molecule has 1 aliphatic rings. The normalized spacial score (nSPS) is 18.1. The predicted molar refractivity (Wildman–Crippen MR) is 380 cm³/mol. The average molecular weight is 1270 g/mol. The Morgan fingerprint density at radius 1 is 0.411 bits per heavy atom. The highest BCUT2D eigenvalue weighted by molar-refractivity contribution is 5.76. The van der Waals surface area contributed by atoms with E-state index in [1.165, 1.54) is 250 Å². The number of carbonyl (C=O) groups excluding carboxylic acids is 2. The number of aliphatic hydroxyl groups excluding tert-OH is 5. The highest BCUT2D eigenvalue weighted by Crippen LogP contribution is 2.23. The van der Waals surface area contributed by atoms with Gasteiger partial charge >= 0.3 is 5.97 Å². The summed E-state index contributed by atoms with van der Waals surface area (Å²) in [5.41, 5.74) is 0. The predicted octanol–water partition coefficient (Wildman–Crippen LogP) is 20.2. The van der Waals surface area contributed by atoms with Crippen LogP contribution in [0.3, 0.4) is 0 Å². The van der Waals surface area contributed by atoms with Crippen LogP contribution in [0, 0.1) is 0 Å². The van der Waals surface area contributed by atoms with Gasteiger partial charge in [-0.2, -0.15) is 0 Å². The molecular weight excluding hydrogens is 1120 g/mol. The Hall–Kier alpha value is -2.90. The maximum atomic E-state index is 13.1. The first-order valence-electron chi connectivity index (χ1n) is 38.2. The highest BCUT2D eigenvalue weighted by Gasteiger charge is 2.44. The first-order valence-corrected chi connectivity index (χ1v) is 38.2. The van der Waals surface area contributed by atoms with Gasteiger partial charge in [-0.25, -0.2) is 0 Å². The lowest BCUT2D eigenvalue weighted by Crippen LogP contribution is -2.60. The SMILES string of the molecule is CCCC/C=C\CCCCCCCC(=O)OCCCCCCCCCCCCCCCCC/C=C\C/C=C\CCCCCCCCCCCCCCCCCCCC(=O)NC(COC1OC(CO)C(O)C(O)C1O)C(O)/C=C/CC/C=C/CC/C=C/CCCC. The highest BCUT2D eigenvalue weighted by atomic mass is 16.7. The van der Waals surface area contributed by atoms with Crippen molar-refractivity contribution in [3.05, 3.63) is 72.9 Å². The quantitative estimate of drug-likeness (QED) is 0.0195. The van der Waals surface area contributed by atoms with E-state index in [4.69, 9.17) is 14.2 Å². The zero-order valence-corrected chi connectivity index (χ0v) is 58.3. The molecule has 1 saturated heterocycles. The Kier molecular flexibility index (Phi) is 63.9. The summed E-state index contributed by atoms with van der Waals surface area (Å²) in [5.74, 6) is -0.191. The number of hydrogen-bond donors (Lipinski definition) is 6. The van der Waals surface area contributed by atoms with Crippen molar-refractivity contribution in [2.75, 3.05) is 19.8 Å². The molecule has 0 saturated carbocycles. The van der Waals surface area contributed by atoms with E-state index >= 15 is 0 Å². The Bertz CT molecular complexity index is 1730. The van der Waals surface area contributed by atoms with E-state index in [1.54, 1.807) is 6.08 Å². The van der Waals surface area contributed by atoms with Gasteiger partial charge in [-0.3, -0.25) is 9.59 Å². The van der Waals surface area contributed by atoms with Crippen molar-refractivity contribution in [3.63, 3.8) is 0 Å². The molecule has 0 aromatic carbocycles. The molecule has 0 radical (unpaired) electrons. The minimum atomic E-state index is -1.58. The molecule has 0 aliphatic carbocycles. The molecule has 0 aromatic heterocycles. The minimum absolute atomic E-state index is 0.00292. The van der Waals surface area contributed by atoms with Gasteiger partial charge in [-0.05, 0) is 103 Å². The number of allylic oxidation sites excluding steroid dienone is 11. The van der Waals surface area contributed by atoms with E-state index in [0.717, 1.165) is 77.0 Å². The van der Waals surface area contributed by atoms with Gasteiger partial charge in [0.25, 0.3) is 0 Å². The van der Waals surface area contributed by atoms with Crippen molar-refractivity contribution in [1.82, 2.24) is 5.32 Å². The molecule has 11 nitrogen and oxygen atoms in total. The largest absolute Gasteiger partial charge is 0.466 e. The maximum absolute atomic E-state index is 13.1. The van der Waals surface area contributed by atoms with Gasteiger partial charge in [0.15, 0.2) is 6.29 Å². The fourth-order valence-electron chi connectivity index (χ4n) is 11.7. The number of amides is 1. The second kappa shape index (κ2) is 67.5. The summed E-state index contributed by atoms with van der Waals surface area (Å²) in [7, 11) is 0. The van der Waals surface area contributed by atoms with Crippen molar-refractivity contribution in [1.29, 1.82) is 0 Å². The number of unbranched alkanes of at least 4 members (excludes halogenated alkanes) is 43. The molecule has 90 heavy (non-hydrogen) atoms. The molecule has 6 N–H and O–H groups in total. The molecule has 7 atom stereocenters. The summed E-state index contributed by atoms with van der Waals surface area (Å²) in [6.45, 7) is 4.26. The summed E-state index contributed by atoms with van der Waals surface area (Å²) in [6.07, 6.45) is 82.2. The summed E-state index contributed by atoms with van der Waals surface area (Å²) in [5, 5.41) is 54.4. The fraction of sp³-hybridized carbons (Fsp3) is 0.823. The lowest BCUT2D eigenvalue weighted by Gasteiger charge is -2.40. The van der Waals surface area contributed by atoms with Gasteiger partial charge in [0.2, 0.25) is 5.91 Å². The molecule has 11 heteroatoms. The summed E-state index contributed by atoms with van der Waals surface area (Å²) < 4.78 is 16.7. The molecule has 1 heterocycles. The first kappa shape index (κ1) is 85.1. The van der Waals surface area contributed by atoms with Crippen molar-refractivity contribution in [3.8, 4) is 0 Å². The van der Waals surface area contributed by atoms with Crippen LogP contribution in [0.25, 0.3) is 0 Å². The summed E-state index contributed by atoms with van der Waals surface area (Å²) >= 11 is 0. The second-order valence-electron chi connectivity index (χ2n) is 26.3. The molecule has 1 fully saturated rings. The average Bonchev–Trinajstić information content (AvgIpc) is 1.36. The second-order valence-corrected chi connectivity index (χ2v) is 26.3. The van der Waals surface area contributed by atoms with Crippen LogP contribution in [0.5, 0.6) is 0 Å². The molecule has 0 spiro atoms. The van der Waals surface area contributed by atoms with Crippen LogP contribution in [0.15, 0.2) is 72.9 Å². The maximum Gasteiger partial charge on any atom is 0.305 e. The molecule has 7 unspecified atom stereocenters. The molecule has 1 amide bonds. The van der Waals surface area contributed by atoms with Crippen molar-refractivity contribution < 1.29 is 49.3 Å². The van der Waals surface area contributed by atoms with Crippen LogP contribution >= 0.6 is 0 Å². The van der Waals surface area contributed by atoms with Crippen LogP contribution in [0.1, 0.15) is 354 Å². The zero-order valence-electron chi connectivity index (χ0n) is 58.3. The van der Waals surface area contributed by atoms with Crippen LogP contribution in [-0.2, 0) is 23.8 Å². The van der Waals surface area contributed by atoms with Crippen molar-refractivity contribution in [2.45, 2.75) is 397 Å². The number of ether oxygens (including phenoxy) is 3. The molecular formula is C79H143NO10. The minimum Gasteiger partial charge on any atom is -0.466 e. The van der Waals surface area contributed by atoms with Gasteiger partial charge in [0, 0.05) is 12.8 Å². The number of esters is 1. The number of nitrogens with one attached hydrogen (secondary N) is 1. The molecule has 1 rings (SSSR count). The number of rotatable bonds is 67. The Balaban J connectivity index is 1.92. The third-order valence-electron chi connectivity index (χ3n) is 17.7. The van der Waals surface area contributed by atoms with E-state index in [0.29, 0.717) is 19.4 Å². The molecule has 0 bridgehead atoms. The van der Waals surface area contributed by atoms with E-state index in [1.807, 2.05) is 6.08 Å². The third kappa shape index (κ3) is 55.5. The number of carbonyl (C=O) groups is 2. The lowest BCUT2D eigenvalue weighted by molar-refractivity contribution is -0.302. The monoisotopic (exact) mass is 1270 g/mol. The fourth-order valence-corrected chi connectivity index (χ4v) is 11.7. The van der Waals surface area contributed by atoms with Gasteiger partial charge in [0.1, 0.15) is 24.4 Å². The van der Waals surface area contributed by atoms with E-state index in [9.17, 15) is 35.1 Å². The summed E-state index contributed by atoms with van der Waals surface area (Å²) in [6, 6.07) is -0.833. The van der Waals surface area contributed by atoms with Crippen molar-refractivity contribution >= 4 is 11.9 Å². The zero-order chi connectivity index (χ0) is 65.1. The smallest absolute Gasteiger partial charge is 0.305 e. The van der Waals surface area contributed by atoms with Gasteiger partial charge in [-0.1, -0.05) is 311 Å². The third-order valence-corrected chi connectivity index (χ3v) is 17.7. The Morgan fingerprint density at radius 3 is 1.17 bits per heavy atom. The van der Waals surface area contributed by atoms with Crippen LogP contribution in [0.2, 0.25) is 0 Å². The topological polar surface area (TPSA) is 175 Å². The van der Waals surface area contributed by atoms with Crippen LogP contribution in [0.4, 0.5) is 0 Å². The lowest BCUT2D eigenvalue weighted by atomic mass is 9.99. The van der Waals surface area contributed by atoms with E-state index in [2.05, 4.69) is 79.9 Å². The molecule has 1 aliphatic heterocycles. The standard InChI is InChI=1S/C79H143NO10/c1-3-5-7-9-11-13-15-46-49-53-57-61-65-72(82)71(70-89-79-78(87)77(86)76(85)73(69-81)90-79)80-74(83)66-62-58-54-50-47-43-41-39-37-35-33-31-29-27-25-23-21-19-17-16-18-20-22-24-26-28-30-32-34-36-38-40-42-44-48-52-56-60-64-68-88-75(84)67-63-59-55-51-45-14-12-10-8-6-4-2/h9-12,16-17,20,22,46,49,61,65,71-73,76-79,81-82,85-87H,3-8,13-15,18-19,21,23-45,47-48,50-60,62-64,66-70H2,1-2H3,(H,80,83)/b11-9+,12-10-,17-16-,22-20-,49-46+,65-61+. The van der Waals surface area contributed by atoms with Gasteiger partial charge in [0.05, 0.1) is 32.0 Å². The van der Waals surface area contributed by atoms with Gasteiger partial charge < -0.3 is 45.1 Å². The van der Waals surface area contributed by atoms with E-state index < -0.39 is 49.5 Å². The van der Waals surface area contributed by atoms with Crippen LogP contribution < -0.4 is 5.32 Å². The Labute approximate surface area is 553 Å². The van der Waals surface area contributed by atoms with Crippen molar-refractivity contribution in [2.24, 2.45) is 0 Å². The Morgan fingerprint density at radius 2 is 0.756 bits per heavy atom. The number of aliphatic hydroxyl groups is 5. The first-order chi connectivity index (χ1) is 44.2. The van der Waals surface area contributed by atoms with Crippen LogP contribution in [-0.4, -0.2) is 100 Å².